The zero-order valence-electron chi connectivity index (χ0n) is 12.7. The third kappa shape index (κ3) is 3.02. The second-order valence-electron chi connectivity index (χ2n) is 6.02. The average molecular weight is 325 g/mol. The maximum Gasteiger partial charge on any atom is 0.303 e. The molecule has 0 saturated heterocycles. The summed E-state index contributed by atoms with van der Waals surface area (Å²) in [5.41, 5.74) is 1.97. The van der Waals surface area contributed by atoms with E-state index in [1.165, 1.54) is 0 Å². The van der Waals surface area contributed by atoms with Gasteiger partial charge in [0.2, 0.25) is 0 Å². The van der Waals surface area contributed by atoms with Crippen LogP contribution in [0.25, 0.3) is 0 Å². The standard InChI is InChI=1S/C17H21ClO4/c1-2-11-16(12(8-15(19)20)10-4-5-10)13(18)9-14-17(11)22-7-3-6-21-14/h9-10,12H,2-8H2,1H3,(H,19,20). The molecule has 1 aliphatic carbocycles. The first kappa shape index (κ1) is 15.5. The average Bonchev–Trinajstić information content (AvgIpc) is 3.30. The van der Waals surface area contributed by atoms with Crippen LogP contribution in [-0.4, -0.2) is 24.3 Å². The Kier molecular flexibility index (Phi) is 4.48. The van der Waals surface area contributed by atoms with Crippen LogP contribution in [0.3, 0.4) is 0 Å². The van der Waals surface area contributed by atoms with Gasteiger partial charge in [-0.3, -0.25) is 4.79 Å². The third-order valence-corrected chi connectivity index (χ3v) is 4.75. The van der Waals surface area contributed by atoms with Crippen molar-refractivity contribution in [2.24, 2.45) is 5.92 Å². The van der Waals surface area contributed by atoms with Gasteiger partial charge in [0, 0.05) is 23.1 Å². The fourth-order valence-electron chi connectivity index (χ4n) is 3.30. The Balaban J connectivity index is 2.09. The summed E-state index contributed by atoms with van der Waals surface area (Å²) in [6, 6.07) is 1.80. The highest BCUT2D eigenvalue weighted by Gasteiger charge is 2.37. The zero-order valence-corrected chi connectivity index (χ0v) is 13.5. The molecule has 1 heterocycles. The van der Waals surface area contributed by atoms with Gasteiger partial charge >= 0.3 is 5.97 Å². The topological polar surface area (TPSA) is 55.8 Å². The molecule has 1 aromatic carbocycles. The SMILES string of the molecule is CCc1c2c(cc(Cl)c1C(CC(=O)O)C1CC1)OCCCO2. The van der Waals surface area contributed by atoms with Gasteiger partial charge in [-0.25, -0.2) is 0 Å². The van der Waals surface area contributed by atoms with Crippen molar-refractivity contribution in [2.45, 2.75) is 44.9 Å². The molecule has 4 nitrogen and oxygen atoms in total. The van der Waals surface area contributed by atoms with E-state index in [9.17, 15) is 9.90 Å². The molecule has 1 unspecified atom stereocenters. The van der Waals surface area contributed by atoms with Crippen LogP contribution in [0.2, 0.25) is 5.02 Å². The molecule has 1 saturated carbocycles. The summed E-state index contributed by atoms with van der Waals surface area (Å²) in [5.74, 6) is 1.06. The first-order valence-corrected chi connectivity index (χ1v) is 8.32. The van der Waals surface area contributed by atoms with Gasteiger partial charge in [-0.05, 0) is 36.7 Å². The van der Waals surface area contributed by atoms with Gasteiger partial charge in [0.05, 0.1) is 19.6 Å². The minimum atomic E-state index is -0.776. The largest absolute Gasteiger partial charge is 0.489 e. The Bertz CT molecular complexity index is 581. The van der Waals surface area contributed by atoms with Crippen LogP contribution in [0, 0.1) is 5.92 Å². The summed E-state index contributed by atoms with van der Waals surface area (Å²) in [6.45, 7) is 3.29. The van der Waals surface area contributed by atoms with Crippen LogP contribution in [-0.2, 0) is 11.2 Å². The van der Waals surface area contributed by atoms with E-state index in [0.717, 1.165) is 42.6 Å². The first-order valence-electron chi connectivity index (χ1n) is 7.94. The van der Waals surface area contributed by atoms with Crippen molar-refractivity contribution >= 4 is 17.6 Å². The summed E-state index contributed by atoms with van der Waals surface area (Å²) in [4.78, 5) is 11.3. The molecule has 120 valence electrons. The molecule has 1 fully saturated rings. The van der Waals surface area contributed by atoms with Gasteiger partial charge in [0.1, 0.15) is 0 Å². The number of benzene rings is 1. The molecule has 5 heteroatoms. The smallest absolute Gasteiger partial charge is 0.303 e. The molecule has 0 spiro atoms. The second kappa shape index (κ2) is 6.37. The lowest BCUT2D eigenvalue weighted by atomic mass is 9.86. The van der Waals surface area contributed by atoms with Gasteiger partial charge in [0.25, 0.3) is 0 Å². The molecule has 0 radical (unpaired) electrons. The molecule has 0 aromatic heterocycles. The van der Waals surface area contributed by atoms with Crippen LogP contribution in [0.4, 0.5) is 0 Å². The molecule has 1 atom stereocenters. The quantitative estimate of drug-likeness (QED) is 0.888. The summed E-state index contributed by atoms with van der Waals surface area (Å²) in [6.07, 6.45) is 3.87. The van der Waals surface area contributed by atoms with Crippen molar-refractivity contribution in [1.29, 1.82) is 0 Å². The number of hydrogen-bond acceptors (Lipinski definition) is 3. The van der Waals surface area contributed by atoms with Crippen molar-refractivity contribution < 1.29 is 19.4 Å². The highest BCUT2D eigenvalue weighted by atomic mass is 35.5. The number of aliphatic carboxylic acids is 1. The Labute approximate surface area is 135 Å². The molecular formula is C17H21ClO4. The monoisotopic (exact) mass is 324 g/mol. The second-order valence-corrected chi connectivity index (χ2v) is 6.43. The molecule has 3 rings (SSSR count). The van der Waals surface area contributed by atoms with Crippen LogP contribution in [0.15, 0.2) is 6.07 Å². The highest BCUT2D eigenvalue weighted by molar-refractivity contribution is 6.31. The summed E-state index contributed by atoms with van der Waals surface area (Å²) >= 11 is 6.52. The number of ether oxygens (including phenoxy) is 2. The Hall–Kier alpha value is -1.42. The minimum Gasteiger partial charge on any atom is -0.489 e. The predicted octanol–water partition coefficient (Wildman–Crippen LogP) is 4.03. The number of carbonyl (C=O) groups is 1. The summed E-state index contributed by atoms with van der Waals surface area (Å²) in [7, 11) is 0. The van der Waals surface area contributed by atoms with Crippen LogP contribution in [0.1, 0.15) is 49.7 Å². The van der Waals surface area contributed by atoms with Crippen molar-refractivity contribution in [3.05, 3.63) is 22.2 Å². The van der Waals surface area contributed by atoms with Gasteiger partial charge in [-0.15, -0.1) is 0 Å². The fraction of sp³-hybridized carbons (Fsp3) is 0.588. The lowest BCUT2D eigenvalue weighted by Gasteiger charge is -2.23. The van der Waals surface area contributed by atoms with E-state index < -0.39 is 5.97 Å². The van der Waals surface area contributed by atoms with Crippen LogP contribution < -0.4 is 9.47 Å². The van der Waals surface area contributed by atoms with E-state index in [0.29, 0.717) is 29.9 Å². The lowest BCUT2D eigenvalue weighted by molar-refractivity contribution is -0.137. The number of rotatable bonds is 5. The van der Waals surface area contributed by atoms with E-state index in [4.69, 9.17) is 21.1 Å². The Morgan fingerprint density at radius 1 is 1.41 bits per heavy atom. The van der Waals surface area contributed by atoms with Crippen molar-refractivity contribution in [2.75, 3.05) is 13.2 Å². The predicted molar refractivity (Wildman–Crippen MR) is 84.2 cm³/mol. The Morgan fingerprint density at radius 3 is 2.77 bits per heavy atom. The summed E-state index contributed by atoms with van der Waals surface area (Å²) < 4.78 is 11.6. The van der Waals surface area contributed by atoms with Crippen LogP contribution in [0.5, 0.6) is 11.5 Å². The van der Waals surface area contributed by atoms with Crippen LogP contribution >= 0.6 is 11.6 Å². The fourth-order valence-corrected chi connectivity index (χ4v) is 3.65. The molecule has 22 heavy (non-hydrogen) atoms. The number of carboxylic acid groups (broad SMARTS) is 1. The molecule has 0 bridgehead atoms. The number of hydrogen-bond donors (Lipinski definition) is 1. The lowest BCUT2D eigenvalue weighted by Crippen LogP contribution is -2.12. The van der Waals surface area contributed by atoms with E-state index in [-0.39, 0.29) is 12.3 Å². The van der Waals surface area contributed by atoms with E-state index in [1.54, 1.807) is 6.07 Å². The molecule has 1 aromatic rings. The van der Waals surface area contributed by atoms with Gasteiger partial charge in [-0.2, -0.15) is 0 Å². The van der Waals surface area contributed by atoms with E-state index in [2.05, 4.69) is 6.92 Å². The zero-order chi connectivity index (χ0) is 15.7. The van der Waals surface area contributed by atoms with Gasteiger partial charge in [0.15, 0.2) is 11.5 Å². The van der Waals surface area contributed by atoms with Gasteiger partial charge < -0.3 is 14.6 Å². The maximum atomic E-state index is 11.3. The number of halogens is 1. The molecular weight excluding hydrogens is 304 g/mol. The third-order valence-electron chi connectivity index (χ3n) is 4.44. The minimum absolute atomic E-state index is 0.0305. The Morgan fingerprint density at radius 2 is 2.14 bits per heavy atom. The number of carboxylic acids is 1. The van der Waals surface area contributed by atoms with E-state index >= 15 is 0 Å². The summed E-state index contributed by atoms with van der Waals surface area (Å²) in [5, 5.41) is 9.87. The van der Waals surface area contributed by atoms with Crippen molar-refractivity contribution in [3.8, 4) is 11.5 Å². The molecule has 1 N–H and O–H groups in total. The normalized spacial score (nSPS) is 18.6. The molecule has 1 aliphatic heterocycles. The van der Waals surface area contributed by atoms with E-state index in [1.807, 2.05) is 0 Å². The van der Waals surface area contributed by atoms with Crippen molar-refractivity contribution in [1.82, 2.24) is 0 Å². The molecule has 0 amide bonds. The first-order chi connectivity index (χ1) is 10.6. The maximum absolute atomic E-state index is 11.3. The van der Waals surface area contributed by atoms with Crippen molar-refractivity contribution in [3.63, 3.8) is 0 Å². The number of fused-ring (bicyclic) bond motifs is 1. The van der Waals surface area contributed by atoms with Gasteiger partial charge in [-0.1, -0.05) is 18.5 Å². The molecule has 2 aliphatic rings. The highest BCUT2D eigenvalue weighted by Crippen LogP contribution is 2.51.